The zero-order valence-electron chi connectivity index (χ0n) is 11.4. The Hall–Kier alpha value is -2.09. The topological polar surface area (TPSA) is 66.5 Å². The van der Waals surface area contributed by atoms with Crippen LogP contribution in [0.25, 0.3) is 0 Å². The lowest BCUT2D eigenvalue weighted by molar-refractivity contribution is -0.152. The van der Waals surface area contributed by atoms with E-state index in [9.17, 15) is 14.4 Å². The smallest absolute Gasteiger partial charge is 0.277 e. The van der Waals surface area contributed by atoms with Gasteiger partial charge < -0.3 is 0 Å². The van der Waals surface area contributed by atoms with Crippen LogP contribution < -0.4 is 5.32 Å². The largest absolute Gasteiger partial charge is 0.330 e. The Balaban J connectivity index is 3.30. The Morgan fingerprint density at radius 2 is 2.11 bits per heavy atom. The second-order valence-electron chi connectivity index (χ2n) is 4.48. The highest BCUT2D eigenvalue weighted by molar-refractivity contribution is 6.19. The summed E-state index contributed by atoms with van der Waals surface area (Å²) < 4.78 is 0. The Labute approximate surface area is 113 Å². The molecular weight excluding hydrogens is 244 g/mol. The van der Waals surface area contributed by atoms with Gasteiger partial charge in [-0.15, -0.1) is 12.5 Å². The van der Waals surface area contributed by atoms with Gasteiger partial charge in [-0.05, 0) is 13.3 Å². The van der Waals surface area contributed by atoms with Gasteiger partial charge in [0.05, 0.1) is 0 Å². The molecule has 1 aliphatic rings. The molecule has 0 spiro atoms. The summed E-state index contributed by atoms with van der Waals surface area (Å²) in [5.74, 6) is 4.16. The van der Waals surface area contributed by atoms with E-state index >= 15 is 0 Å². The lowest BCUT2D eigenvalue weighted by Gasteiger charge is -2.39. The number of hydrogen-bond donors (Lipinski definition) is 1. The highest BCUT2D eigenvalue weighted by atomic mass is 16.2. The summed E-state index contributed by atoms with van der Waals surface area (Å²) in [6.07, 6.45) is 2.29. The monoisotopic (exact) mass is 262 g/mol. The molecule has 1 rings (SSSR count). The van der Waals surface area contributed by atoms with Crippen molar-refractivity contribution in [2.45, 2.75) is 26.7 Å². The summed E-state index contributed by atoms with van der Waals surface area (Å²) >= 11 is 0. The molecule has 0 aliphatic carbocycles. The summed E-state index contributed by atoms with van der Waals surface area (Å²) in [5, 5.41) is 2.20. The standard InChI is InChI=1S/C14H18N2O3/c1-5-7-8-10(3)14(9-6-2)11(17)15-13(19)16(4)12(14)18/h6,10H,2,5,9H2,1,3-4H3,(H,15,17,19)/t10?,14-/m1/s1. The van der Waals surface area contributed by atoms with Crippen molar-refractivity contribution in [3.8, 4) is 11.8 Å². The van der Waals surface area contributed by atoms with E-state index < -0.39 is 29.2 Å². The molecule has 1 unspecified atom stereocenters. The van der Waals surface area contributed by atoms with E-state index in [4.69, 9.17) is 0 Å². The van der Waals surface area contributed by atoms with E-state index in [1.807, 2.05) is 6.92 Å². The molecule has 1 N–H and O–H groups in total. The van der Waals surface area contributed by atoms with E-state index in [0.29, 0.717) is 6.42 Å². The van der Waals surface area contributed by atoms with Gasteiger partial charge in [0.15, 0.2) is 0 Å². The molecule has 2 atom stereocenters. The number of carbonyl (C=O) groups is 3. The number of rotatable bonds is 3. The van der Waals surface area contributed by atoms with Crippen molar-refractivity contribution in [2.75, 3.05) is 7.05 Å². The number of barbiturate groups is 1. The Morgan fingerprint density at radius 1 is 1.47 bits per heavy atom. The third-order valence-corrected chi connectivity index (χ3v) is 3.32. The minimum atomic E-state index is -1.37. The van der Waals surface area contributed by atoms with Crippen LogP contribution in [0.5, 0.6) is 0 Å². The van der Waals surface area contributed by atoms with Crippen LogP contribution in [0, 0.1) is 23.2 Å². The molecule has 5 heteroatoms. The predicted molar refractivity (Wildman–Crippen MR) is 70.8 cm³/mol. The molecule has 4 amide bonds. The fraction of sp³-hybridized carbons (Fsp3) is 0.500. The van der Waals surface area contributed by atoms with E-state index in [1.165, 1.54) is 13.1 Å². The average molecular weight is 262 g/mol. The van der Waals surface area contributed by atoms with Gasteiger partial charge in [-0.2, -0.15) is 0 Å². The highest BCUT2D eigenvalue weighted by Crippen LogP contribution is 2.36. The number of imide groups is 2. The maximum atomic E-state index is 12.4. The van der Waals surface area contributed by atoms with Gasteiger partial charge in [0, 0.05) is 19.4 Å². The van der Waals surface area contributed by atoms with Gasteiger partial charge in [0.25, 0.3) is 0 Å². The lowest BCUT2D eigenvalue weighted by atomic mass is 9.71. The molecule has 19 heavy (non-hydrogen) atoms. The molecule has 0 aromatic carbocycles. The SMILES string of the molecule is C=CC[C@@]1(C(C)C#CCC)C(=O)NC(=O)N(C)C1=O. The van der Waals surface area contributed by atoms with Gasteiger partial charge in [-0.25, -0.2) is 4.79 Å². The van der Waals surface area contributed by atoms with Crippen LogP contribution in [0.1, 0.15) is 26.7 Å². The summed E-state index contributed by atoms with van der Waals surface area (Å²) in [7, 11) is 1.35. The number of nitrogens with one attached hydrogen (secondary N) is 1. The Bertz CT molecular complexity index is 487. The third-order valence-electron chi connectivity index (χ3n) is 3.32. The number of allylic oxidation sites excluding steroid dienone is 1. The molecule has 1 aliphatic heterocycles. The Kier molecular flexibility index (Phi) is 4.49. The number of hydrogen-bond acceptors (Lipinski definition) is 3. The molecule has 1 fully saturated rings. The van der Waals surface area contributed by atoms with E-state index in [-0.39, 0.29) is 6.42 Å². The van der Waals surface area contributed by atoms with Crippen molar-refractivity contribution < 1.29 is 14.4 Å². The second kappa shape index (κ2) is 5.70. The number of amides is 4. The molecule has 0 radical (unpaired) electrons. The first-order valence-electron chi connectivity index (χ1n) is 6.14. The summed E-state index contributed by atoms with van der Waals surface area (Å²) in [6, 6.07) is -0.703. The molecule has 1 saturated heterocycles. The third kappa shape index (κ3) is 2.39. The van der Waals surface area contributed by atoms with Crippen LogP contribution in [0.4, 0.5) is 4.79 Å². The predicted octanol–water partition coefficient (Wildman–Crippen LogP) is 1.31. The minimum Gasteiger partial charge on any atom is -0.277 e. The summed E-state index contributed by atoms with van der Waals surface area (Å²) in [4.78, 5) is 37.0. The second-order valence-corrected chi connectivity index (χ2v) is 4.48. The molecule has 1 heterocycles. The zero-order chi connectivity index (χ0) is 14.6. The van der Waals surface area contributed by atoms with E-state index in [0.717, 1.165) is 4.90 Å². The van der Waals surface area contributed by atoms with Crippen LogP contribution in [-0.4, -0.2) is 29.8 Å². The summed E-state index contributed by atoms with van der Waals surface area (Å²) in [5.41, 5.74) is -1.37. The molecule has 0 aromatic heterocycles. The molecule has 0 saturated carbocycles. The molecule has 0 bridgehead atoms. The molecule has 0 aromatic rings. The van der Waals surface area contributed by atoms with Crippen molar-refractivity contribution in [1.82, 2.24) is 10.2 Å². The maximum absolute atomic E-state index is 12.4. The van der Waals surface area contributed by atoms with Crippen molar-refractivity contribution in [2.24, 2.45) is 11.3 Å². The fourth-order valence-electron chi connectivity index (χ4n) is 2.13. The van der Waals surface area contributed by atoms with Gasteiger partial charge in [0.1, 0.15) is 5.41 Å². The maximum Gasteiger partial charge on any atom is 0.330 e. The fourth-order valence-corrected chi connectivity index (χ4v) is 2.13. The van der Waals surface area contributed by atoms with Crippen molar-refractivity contribution in [3.05, 3.63) is 12.7 Å². The highest BCUT2D eigenvalue weighted by Gasteiger charge is 2.55. The van der Waals surface area contributed by atoms with Crippen LogP contribution >= 0.6 is 0 Å². The molecular formula is C14H18N2O3. The summed E-state index contributed by atoms with van der Waals surface area (Å²) in [6.45, 7) is 7.19. The van der Waals surface area contributed by atoms with Crippen molar-refractivity contribution in [1.29, 1.82) is 0 Å². The normalized spacial score (nSPS) is 24.4. The first-order chi connectivity index (χ1) is 8.91. The van der Waals surface area contributed by atoms with E-state index in [1.54, 1.807) is 6.92 Å². The Morgan fingerprint density at radius 3 is 2.63 bits per heavy atom. The number of nitrogens with zero attached hydrogens (tertiary/aromatic N) is 1. The van der Waals surface area contributed by atoms with Gasteiger partial charge in [-0.3, -0.25) is 19.8 Å². The van der Waals surface area contributed by atoms with Gasteiger partial charge in [0.2, 0.25) is 11.8 Å². The van der Waals surface area contributed by atoms with Crippen molar-refractivity contribution >= 4 is 17.8 Å². The van der Waals surface area contributed by atoms with E-state index in [2.05, 4.69) is 23.7 Å². The van der Waals surface area contributed by atoms with Gasteiger partial charge >= 0.3 is 6.03 Å². The lowest BCUT2D eigenvalue weighted by Crippen LogP contribution is -2.64. The van der Waals surface area contributed by atoms with Crippen LogP contribution in [0.2, 0.25) is 0 Å². The molecule has 5 nitrogen and oxygen atoms in total. The zero-order valence-corrected chi connectivity index (χ0v) is 11.4. The quantitative estimate of drug-likeness (QED) is 0.473. The minimum absolute atomic E-state index is 0.148. The van der Waals surface area contributed by atoms with Crippen LogP contribution in [0.15, 0.2) is 12.7 Å². The first-order valence-corrected chi connectivity index (χ1v) is 6.14. The average Bonchev–Trinajstić information content (AvgIpc) is 2.38. The van der Waals surface area contributed by atoms with Crippen molar-refractivity contribution in [3.63, 3.8) is 0 Å². The van der Waals surface area contributed by atoms with Crippen LogP contribution in [-0.2, 0) is 9.59 Å². The molecule has 102 valence electrons. The number of urea groups is 1. The first kappa shape index (κ1) is 15.0. The van der Waals surface area contributed by atoms with Gasteiger partial charge in [-0.1, -0.05) is 18.9 Å². The number of carbonyl (C=O) groups excluding carboxylic acids is 3. The van der Waals surface area contributed by atoms with Crippen LogP contribution in [0.3, 0.4) is 0 Å².